The Labute approximate surface area is 143 Å². The lowest BCUT2D eigenvalue weighted by Crippen LogP contribution is -2.22. The molecule has 2 aromatic rings. The first-order valence-electron chi connectivity index (χ1n) is 7.20. The molecular weight excluding hydrogens is 328 g/mol. The summed E-state index contributed by atoms with van der Waals surface area (Å²) in [6, 6.07) is 12.7. The van der Waals surface area contributed by atoms with E-state index >= 15 is 0 Å². The van der Waals surface area contributed by atoms with Gasteiger partial charge in [0.25, 0.3) is 5.69 Å². The van der Waals surface area contributed by atoms with Crippen LogP contribution in [0.5, 0.6) is 0 Å². The number of Topliss-reactive ketones (excluding diaryl/α,β-unsaturated/α-hetero) is 1. The monoisotopic (exact) mass is 344 g/mol. The number of nitrogens with one attached hydrogen (secondary N) is 1. The highest BCUT2D eigenvalue weighted by Gasteiger charge is 2.15. The standard InChI is InChI=1S/C17H16N2O4S/c1-11(20)13-3-5-14(6-4-13)18-17(21)12(2)24-16-9-7-15(8-10-16)19(22)23/h3-10,12H,1-2H3,(H,18,21)/t12-/m1/s1. The summed E-state index contributed by atoms with van der Waals surface area (Å²) in [6.45, 7) is 3.24. The molecule has 0 aliphatic carbocycles. The number of hydrogen-bond acceptors (Lipinski definition) is 5. The molecule has 2 aromatic carbocycles. The Morgan fingerprint density at radius 3 is 2.17 bits per heavy atom. The van der Waals surface area contributed by atoms with Gasteiger partial charge in [0.15, 0.2) is 5.78 Å². The van der Waals surface area contributed by atoms with E-state index < -0.39 is 4.92 Å². The number of benzene rings is 2. The number of non-ortho nitro benzene ring substituents is 1. The number of carbonyl (C=O) groups is 2. The fourth-order valence-corrected chi connectivity index (χ4v) is 2.80. The molecule has 7 heteroatoms. The highest BCUT2D eigenvalue weighted by atomic mass is 32.2. The number of nitro benzene ring substituents is 1. The lowest BCUT2D eigenvalue weighted by Gasteiger charge is -2.12. The summed E-state index contributed by atoms with van der Waals surface area (Å²) in [5, 5.41) is 13.0. The van der Waals surface area contributed by atoms with Crippen LogP contribution < -0.4 is 5.32 Å². The van der Waals surface area contributed by atoms with Crippen LogP contribution in [0.1, 0.15) is 24.2 Å². The SMILES string of the molecule is CC(=O)c1ccc(NC(=O)[C@@H](C)Sc2ccc([N+](=O)[O-])cc2)cc1. The summed E-state index contributed by atoms with van der Waals surface area (Å²) >= 11 is 1.31. The largest absolute Gasteiger partial charge is 0.325 e. The fraction of sp³-hybridized carbons (Fsp3) is 0.176. The predicted molar refractivity (Wildman–Crippen MR) is 93.5 cm³/mol. The van der Waals surface area contributed by atoms with Crippen molar-refractivity contribution < 1.29 is 14.5 Å². The molecule has 0 radical (unpaired) electrons. The van der Waals surface area contributed by atoms with Crippen molar-refractivity contribution in [1.82, 2.24) is 0 Å². The molecule has 2 rings (SSSR count). The second-order valence-electron chi connectivity index (χ2n) is 5.13. The second-order valence-corrected chi connectivity index (χ2v) is 6.55. The van der Waals surface area contributed by atoms with Crippen molar-refractivity contribution in [2.45, 2.75) is 24.0 Å². The first-order valence-corrected chi connectivity index (χ1v) is 8.08. The average Bonchev–Trinajstić information content (AvgIpc) is 2.55. The van der Waals surface area contributed by atoms with E-state index in [0.29, 0.717) is 11.3 Å². The van der Waals surface area contributed by atoms with Crippen LogP contribution in [0.25, 0.3) is 0 Å². The average molecular weight is 344 g/mol. The van der Waals surface area contributed by atoms with Gasteiger partial charge in [-0.1, -0.05) is 0 Å². The third kappa shape index (κ3) is 4.66. The number of carbonyl (C=O) groups excluding carboxylic acids is 2. The van der Waals surface area contributed by atoms with E-state index in [1.807, 2.05) is 0 Å². The molecule has 1 N–H and O–H groups in total. The summed E-state index contributed by atoms with van der Waals surface area (Å²) < 4.78 is 0. The molecular formula is C17H16N2O4S. The minimum atomic E-state index is -0.463. The molecule has 0 saturated carbocycles. The van der Waals surface area contributed by atoms with E-state index in [1.165, 1.54) is 30.8 Å². The lowest BCUT2D eigenvalue weighted by molar-refractivity contribution is -0.384. The van der Waals surface area contributed by atoms with Gasteiger partial charge in [0, 0.05) is 28.3 Å². The number of ketones is 1. The van der Waals surface area contributed by atoms with Gasteiger partial charge in [-0.25, -0.2) is 0 Å². The molecule has 124 valence electrons. The normalized spacial score (nSPS) is 11.6. The third-order valence-corrected chi connectivity index (χ3v) is 4.40. The summed E-state index contributed by atoms with van der Waals surface area (Å²) in [4.78, 5) is 34.4. The van der Waals surface area contributed by atoms with Gasteiger partial charge in [0.1, 0.15) is 0 Å². The Hall–Kier alpha value is -2.67. The molecule has 24 heavy (non-hydrogen) atoms. The van der Waals surface area contributed by atoms with Crippen LogP contribution in [0.15, 0.2) is 53.4 Å². The van der Waals surface area contributed by atoms with E-state index in [4.69, 9.17) is 0 Å². The molecule has 1 amide bonds. The minimum Gasteiger partial charge on any atom is -0.325 e. The minimum absolute atomic E-state index is 0.0158. The van der Waals surface area contributed by atoms with Gasteiger partial charge in [0.05, 0.1) is 10.2 Å². The van der Waals surface area contributed by atoms with Gasteiger partial charge in [-0.2, -0.15) is 0 Å². The molecule has 0 fully saturated rings. The van der Waals surface area contributed by atoms with Crippen LogP contribution in [0.4, 0.5) is 11.4 Å². The van der Waals surface area contributed by atoms with Crippen LogP contribution in [-0.2, 0) is 4.79 Å². The number of rotatable bonds is 6. The van der Waals surface area contributed by atoms with Crippen molar-refractivity contribution in [3.63, 3.8) is 0 Å². The van der Waals surface area contributed by atoms with Crippen molar-refractivity contribution in [3.8, 4) is 0 Å². The maximum absolute atomic E-state index is 12.2. The van der Waals surface area contributed by atoms with Crippen molar-refractivity contribution in [1.29, 1.82) is 0 Å². The van der Waals surface area contributed by atoms with Gasteiger partial charge in [-0.15, -0.1) is 11.8 Å². The molecule has 0 aliphatic rings. The van der Waals surface area contributed by atoms with Crippen LogP contribution >= 0.6 is 11.8 Å². The Morgan fingerprint density at radius 2 is 1.67 bits per heavy atom. The summed E-state index contributed by atoms with van der Waals surface area (Å²) in [5.74, 6) is -0.219. The Morgan fingerprint density at radius 1 is 1.08 bits per heavy atom. The van der Waals surface area contributed by atoms with Crippen LogP contribution in [0, 0.1) is 10.1 Å². The molecule has 0 bridgehead atoms. The second kappa shape index (κ2) is 7.74. The topological polar surface area (TPSA) is 89.3 Å². The van der Waals surface area contributed by atoms with E-state index in [9.17, 15) is 19.7 Å². The number of nitro groups is 1. The zero-order chi connectivity index (χ0) is 17.7. The zero-order valence-corrected chi connectivity index (χ0v) is 14.0. The van der Waals surface area contributed by atoms with Gasteiger partial charge in [-0.05, 0) is 50.2 Å². The molecule has 0 heterocycles. The summed E-state index contributed by atoms with van der Waals surface area (Å²) in [7, 11) is 0. The number of nitrogens with zero attached hydrogens (tertiary/aromatic N) is 1. The molecule has 0 saturated heterocycles. The summed E-state index contributed by atoms with van der Waals surface area (Å²) in [5.41, 5.74) is 1.21. The number of anilines is 1. The van der Waals surface area contributed by atoms with E-state index in [0.717, 1.165) is 4.90 Å². The van der Waals surface area contributed by atoms with Gasteiger partial charge in [-0.3, -0.25) is 19.7 Å². The predicted octanol–water partition coefficient (Wildman–Crippen LogP) is 3.92. The molecule has 1 atom stereocenters. The van der Waals surface area contributed by atoms with Crippen molar-refractivity contribution >= 4 is 34.8 Å². The maximum Gasteiger partial charge on any atom is 0.269 e. The highest BCUT2D eigenvalue weighted by Crippen LogP contribution is 2.26. The molecule has 0 aliphatic heterocycles. The molecule has 0 spiro atoms. The lowest BCUT2D eigenvalue weighted by atomic mass is 10.1. The Bertz CT molecular complexity index is 757. The smallest absolute Gasteiger partial charge is 0.269 e. The van der Waals surface area contributed by atoms with Crippen LogP contribution in [0.2, 0.25) is 0 Å². The van der Waals surface area contributed by atoms with Gasteiger partial charge < -0.3 is 5.32 Å². The number of hydrogen-bond donors (Lipinski definition) is 1. The molecule has 6 nitrogen and oxygen atoms in total. The maximum atomic E-state index is 12.2. The zero-order valence-electron chi connectivity index (χ0n) is 13.2. The summed E-state index contributed by atoms with van der Waals surface area (Å²) in [6.07, 6.45) is 0. The van der Waals surface area contributed by atoms with E-state index in [-0.39, 0.29) is 22.6 Å². The first kappa shape index (κ1) is 17.7. The van der Waals surface area contributed by atoms with Crippen LogP contribution in [0.3, 0.4) is 0 Å². The molecule has 0 unspecified atom stereocenters. The van der Waals surface area contributed by atoms with Crippen molar-refractivity contribution in [2.24, 2.45) is 0 Å². The molecule has 0 aromatic heterocycles. The fourth-order valence-electron chi connectivity index (χ4n) is 1.94. The first-order chi connectivity index (χ1) is 11.4. The van der Waals surface area contributed by atoms with Gasteiger partial charge >= 0.3 is 0 Å². The Kier molecular flexibility index (Phi) is 5.70. The highest BCUT2D eigenvalue weighted by molar-refractivity contribution is 8.00. The number of amides is 1. The van der Waals surface area contributed by atoms with E-state index in [2.05, 4.69) is 5.32 Å². The third-order valence-electron chi connectivity index (χ3n) is 3.29. The van der Waals surface area contributed by atoms with E-state index in [1.54, 1.807) is 43.3 Å². The van der Waals surface area contributed by atoms with Gasteiger partial charge in [0.2, 0.25) is 5.91 Å². The Balaban J connectivity index is 1.96. The number of thioether (sulfide) groups is 1. The van der Waals surface area contributed by atoms with Crippen molar-refractivity contribution in [3.05, 3.63) is 64.2 Å². The quantitative estimate of drug-likeness (QED) is 0.371. The van der Waals surface area contributed by atoms with Crippen LogP contribution in [-0.4, -0.2) is 21.9 Å². The van der Waals surface area contributed by atoms with Crippen molar-refractivity contribution in [2.75, 3.05) is 5.32 Å².